The molecule has 23 heavy (non-hydrogen) atoms. The number of hydrogen-bond acceptors (Lipinski definition) is 0. The third-order valence-corrected chi connectivity index (χ3v) is 3.84. The van der Waals surface area contributed by atoms with Gasteiger partial charge in [0.15, 0.2) is 0 Å². The van der Waals surface area contributed by atoms with Crippen LogP contribution in [0.3, 0.4) is 0 Å². The molecule has 2 aromatic carbocycles. The molecule has 0 amide bonds. The van der Waals surface area contributed by atoms with Gasteiger partial charge in [0.1, 0.15) is 0 Å². The number of hydrogen-bond donors (Lipinski definition) is 0. The summed E-state index contributed by atoms with van der Waals surface area (Å²) in [5.41, 5.74) is -2.04. The average Bonchev–Trinajstić information content (AvgIpc) is 2.70. The maximum absolute atomic E-state index is 13.3. The van der Waals surface area contributed by atoms with Crippen molar-refractivity contribution in [3.8, 4) is 0 Å². The van der Waals surface area contributed by atoms with Gasteiger partial charge < -0.3 is 0 Å². The minimum absolute atomic E-state index is 0.00903. The van der Waals surface area contributed by atoms with E-state index in [1.165, 1.54) is 18.2 Å². The number of rotatable bonds is 0. The molecule has 118 valence electrons. The van der Waals surface area contributed by atoms with Crippen LogP contribution in [-0.2, 0) is 0 Å². The molecule has 0 bridgehead atoms. The minimum atomic E-state index is -4.72. The van der Waals surface area contributed by atoms with E-state index in [0.717, 1.165) is 6.92 Å². The van der Waals surface area contributed by atoms with E-state index in [1.54, 1.807) is 18.2 Å². The van der Waals surface area contributed by atoms with Crippen molar-refractivity contribution in [2.24, 2.45) is 0 Å². The van der Waals surface area contributed by atoms with E-state index < -0.39 is 28.9 Å². The van der Waals surface area contributed by atoms with E-state index in [-0.39, 0.29) is 18.0 Å². The second-order valence-electron chi connectivity index (χ2n) is 5.31. The van der Waals surface area contributed by atoms with Crippen molar-refractivity contribution in [2.75, 3.05) is 0 Å². The van der Waals surface area contributed by atoms with E-state index in [4.69, 9.17) is 0 Å². The first-order valence-corrected chi connectivity index (χ1v) is 6.70. The normalized spacial score (nSPS) is 16.9. The van der Waals surface area contributed by atoms with Crippen LogP contribution >= 0.6 is 0 Å². The topological polar surface area (TPSA) is 0 Å². The van der Waals surface area contributed by atoms with E-state index in [2.05, 4.69) is 0 Å². The van der Waals surface area contributed by atoms with Crippen molar-refractivity contribution in [3.05, 3.63) is 53.1 Å². The molecule has 0 aliphatic heterocycles. The molecular weight excluding hydrogens is 317 g/mol. The van der Waals surface area contributed by atoms with Crippen molar-refractivity contribution in [3.63, 3.8) is 0 Å². The molecule has 0 atom stereocenters. The molecule has 7 heteroatoms. The molecular formula is C16H9BF6. The molecule has 0 fully saturated rings. The second-order valence-corrected chi connectivity index (χ2v) is 5.31. The SMILES string of the molecule is CC1=C(C(F)(F)F)c2ccc3ccccc3c2C1=BC(F)(F)F. The van der Waals surface area contributed by atoms with Gasteiger partial charge in [-0.3, -0.25) is 0 Å². The maximum atomic E-state index is 13.3. The Hall–Kier alpha value is -2.05. The van der Waals surface area contributed by atoms with Crippen LogP contribution in [0.5, 0.6) is 0 Å². The Balaban J connectivity index is 2.42. The number of alkyl halides is 6. The van der Waals surface area contributed by atoms with Crippen LogP contribution in [0.15, 0.2) is 42.0 Å². The first-order valence-electron chi connectivity index (χ1n) is 6.70. The Morgan fingerprint density at radius 2 is 1.52 bits per heavy atom. The molecule has 3 rings (SSSR count). The van der Waals surface area contributed by atoms with Crippen LogP contribution in [-0.4, -0.2) is 24.6 Å². The fourth-order valence-corrected chi connectivity index (χ4v) is 3.00. The van der Waals surface area contributed by atoms with Gasteiger partial charge >= 0.3 is 127 Å². The summed E-state index contributed by atoms with van der Waals surface area (Å²) >= 11 is 0. The zero-order valence-corrected chi connectivity index (χ0v) is 11.8. The van der Waals surface area contributed by atoms with Gasteiger partial charge in [-0.25, -0.2) is 0 Å². The number of fused-ring (bicyclic) bond motifs is 3. The Morgan fingerprint density at radius 3 is 2.13 bits per heavy atom. The molecule has 0 saturated heterocycles. The van der Waals surface area contributed by atoms with Crippen molar-refractivity contribution < 1.29 is 26.3 Å². The third kappa shape index (κ3) is 2.68. The van der Waals surface area contributed by atoms with Gasteiger partial charge in [-0.15, -0.1) is 0 Å². The number of allylic oxidation sites excluding steroid dienone is 2. The van der Waals surface area contributed by atoms with Crippen molar-refractivity contribution in [2.45, 2.75) is 19.2 Å². The second kappa shape index (κ2) is 4.98. The predicted octanol–water partition coefficient (Wildman–Crippen LogP) is 4.93. The Bertz CT molecular complexity index is 855. The summed E-state index contributed by atoms with van der Waals surface area (Å²) in [7, 11) is 0. The molecule has 1 aliphatic rings. The third-order valence-electron chi connectivity index (χ3n) is 3.84. The Labute approximate surface area is 128 Å². The Kier molecular flexibility index (Phi) is 3.43. The fraction of sp³-hybridized carbons (Fsp3) is 0.188. The van der Waals surface area contributed by atoms with Crippen LogP contribution < -0.4 is 0 Å². The van der Waals surface area contributed by atoms with Crippen LogP contribution in [0.4, 0.5) is 26.3 Å². The number of benzene rings is 2. The number of halogens is 6. The monoisotopic (exact) mass is 326 g/mol. The fourth-order valence-electron chi connectivity index (χ4n) is 3.00. The summed E-state index contributed by atoms with van der Waals surface area (Å²) in [6, 6.07) is 9.19. The van der Waals surface area contributed by atoms with Gasteiger partial charge in [0.05, 0.1) is 0 Å². The molecule has 0 nitrogen and oxygen atoms in total. The zero-order chi connectivity index (χ0) is 17.0. The molecule has 0 unspecified atom stereocenters. The van der Waals surface area contributed by atoms with Gasteiger partial charge in [-0.05, 0) is 0 Å². The summed E-state index contributed by atoms with van der Waals surface area (Å²) in [6.45, 7) is 1.03. The summed E-state index contributed by atoms with van der Waals surface area (Å²) in [6.07, 6.45) is -9.42. The average molecular weight is 326 g/mol. The van der Waals surface area contributed by atoms with Crippen LogP contribution in [0.2, 0.25) is 0 Å². The summed E-state index contributed by atoms with van der Waals surface area (Å²) in [5, 5.41) is 0.967. The van der Waals surface area contributed by atoms with Gasteiger partial charge in [0.2, 0.25) is 0 Å². The summed E-state index contributed by atoms with van der Waals surface area (Å²) < 4.78 is 78.4. The summed E-state index contributed by atoms with van der Waals surface area (Å²) in [4.78, 5) is 0. The van der Waals surface area contributed by atoms with E-state index in [1.807, 2.05) is 0 Å². The molecule has 2 aromatic rings. The molecule has 0 N–H and O–H groups in total. The molecule has 0 saturated carbocycles. The van der Waals surface area contributed by atoms with Crippen molar-refractivity contribution in [1.29, 1.82) is 0 Å². The van der Waals surface area contributed by atoms with Crippen LogP contribution in [0.25, 0.3) is 16.3 Å². The molecule has 0 heterocycles. The molecule has 0 radical (unpaired) electrons. The first-order chi connectivity index (χ1) is 10.6. The predicted molar refractivity (Wildman–Crippen MR) is 78.5 cm³/mol. The van der Waals surface area contributed by atoms with Gasteiger partial charge in [-0.1, -0.05) is 0 Å². The first kappa shape index (κ1) is 15.8. The molecule has 0 aromatic heterocycles. The van der Waals surface area contributed by atoms with E-state index in [9.17, 15) is 26.3 Å². The molecule has 1 aliphatic carbocycles. The van der Waals surface area contributed by atoms with E-state index in [0.29, 0.717) is 10.8 Å². The zero-order valence-electron chi connectivity index (χ0n) is 11.8. The van der Waals surface area contributed by atoms with Crippen molar-refractivity contribution in [1.82, 2.24) is 0 Å². The quantitative estimate of drug-likeness (QED) is 0.475. The van der Waals surface area contributed by atoms with Gasteiger partial charge in [0.25, 0.3) is 0 Å². The summed E-state index contributed by atoms with van der Waals surface area (Å²) in [5.74, 6) is 0. The van der Waals surface area contributed by atoms with Crippen LogP contribution in [0, 0.1) is 0 Å². The molecule has 0 spiro atoms. The Morgan fingerprint density at radius 1 is 0.870 bits per heavy atom. The van der Waals surface area contributed by atoms with Gasteiger partial charge in [0, 0.05) is 0 Å². The standard InChI is InChI=1S/C16H9BF6/c1-8-13(15(18,19)20)11-7-6-9-4-2-3-5-10(9)12(11)14(8)17-16(21,22)23/h2-7H,1H3. The van der Waals surface area contributed by atoms with Gasteiger partial charge in [-0.2, -0.15) is 0 Å². The van der Waals surface area contributed by atoms with E-state index >= 15 is 0 Å². The van der Waals surface area contributed by atoms with Crippen molar-refractivity contribution >= 4 is 28.7 Å². The van der Waals surface area contributed by atoms with Crippen LogP contribution in [0.1, 0.15) is 18.1 Å².